The van der Waals surface area contributed by atoms with Crippen LogP contribution in [0.5, 0.6) is 0 Å². The third kappa shape index (κ3) is 45.9. The molecule has 0 rings (SSSR count). The van der Waals surface area contributed by atoms with E-state index in [1.807, 2.05) is 0 Å². The molecule has 6 heteroatoms. The minimum atomic E-state index is -0.761. The zero-order valence-corrected chi connectivity index (χ0v) is 41.1. The van der Waals surface area contributed by atoms with E-state index in [0.29, 0.717) is 19.3 Å². The van der Waals surface area contributed by atoms with Gasteiger partial charge in [-0.05, 0) is 31.1 Å². The summed E-state index contributed by atoms with van der Waals surface area (Å²) in [4.78, 5) is 37.8. The maximum Gasteiger partial charge on any atom is 0.306 e. The molecule has 0 fully saturated rings. The van der Waals surface area contributed by atoms with Crippen molar-refractivity contribution in [3.05, 3.63) is 0 Å². The van der Waals surface area contributed by atoms with Gasteiger partial charge in [0.2, 0.25) is 0 Å². The Balaban J connectivity index is 4.14. The van der Waals surface area contributed by atoms with Crippen LogP contribution in [0.2, 0.25) is 0 Å². The summed E-state index contributed by atoms with van der Waals surface area (Å²) in [6, 6.07) is 0. The normalized spacial score (nSPS) is 12.5. The molecule has 0 spiro atoms. The number of rotatable bonds is 48. The topological polar surface area (TPSA) is 78.9 Å². The third-order valence-electron chi connectivity index (χ3n) is 12.6. The van der Waals surface area contributed by atoms with Crippen molar-refractivity contribution in [2.75, 3.05) is 13.2 Å². The van der Waals surface area contributed by atoms with Gasteiger partial charge in [0, 0.05) is 19.3 Å². The van der Waals surface area contributed by atoms with Crippen molar-refractivity contribution in [1.29, 1.82) is 0 Å². The molecule has 6 nitrogen and oxygen atoms in total. The summed E-state index contributed by atoms with van der Waals surface area (Å²) >= 11 is 0. The van der Waals surface area contributed by atoms with E-state index in [1.165, 1.54) is 186 Å². The van der Waals surface area contributed by atoms with E-state index in [1.54, 1.807) is 0 Å². The quantitative estimate of drug-likeness (QED) is 0.0345. The maximum absolute atomic E-state index is 12.7. The van der Waals surface area contributed by atoms with E-state index in [9.17, 15) is 14.4 Å². The molecule has 1 unspecified atom stereocenters. The highest BCUT2D eigenvalue weighted by molar-refractivity contribution is 5.71. The van der Waals surface area contributed by atoms with Gasteiger partial charge >= 0.3 is 17.9 Å². The SMILES string of the molecule is CCCCCCCCCCCCC(=O)OC[C@@H](COC(=O)CCCCCCCCCCCCCCCCCCCCC(C)CC)OC(=O)CCCCCCCCCC(C)C. The van der Waals surface area contributed by atoms with Crippen LogP contribution in [0.15, 0.2) is 0 Å². The number of ether oxygens (including phenoxy) is 3. The number of hydrogen-bond acceptors (Lipinski definition) is 6. The fraction of sp³-hybridized carbons (Fsp3) is 0.944. The first-order valence-electron chi connectivity index (χ1n) is 26.8. The molecule has 0 amide bonds. The first-order chi connectivity index (χ1) is 29.3. The second-order valence-electron chi connectivity index (χ2n) is 19.2. The number of carbonyl (C=O) groups is 3. The molecule has 0 heterocycles. The second kappa shape index (κ2) is 46.9. The summed E-state index contributed by atoms with van der Waals surface area (Å²) in [6.45, 7) is 11.4. The summed E-state index contributed by atoms with van der Waals surface area (Å²) in [5.41, 5.74) is 0. The van der Waals surface area contributed by atoms with Gasteiger partial charge in [0.1, 0.15) is 13.2 Å². The summed E-state index contributed by atoms with van der Waals surface area (Å²) in [6.07, 6.45) is 48.2. The van der Waals surface area contributed by atoms with Crippen LogP contribution in [0, 0.1) is 11.8 Å². The minimum Gasteiger partial charge on any atom is -0.462 e. The van der Waals surface area contributed by atoms with Gasteiger partial charge in [-0.15, -0.1) is 0 Å². The Morgan fingerprint density at radius 1 is 0.350 bits per heavy atom. The van der Waals surface area contributed by atoms with E-state index >= 15 is 0 Å². The Hall–Kier alpha value is -1.59. The van der Waals surface area contributed by atoms with Crippen LogP contribution in [0.4, 0.5) is 0 Å². The van der Waals surface area contributed by atoms with Crippen molar-refractivity contribution in [2.45, 2.75) is 304 Å². The van der Waals surface area contributed by atoms with Crippen LogP contribution in [0.25, 0.3) is 0 Å². The Labute approximate surface area is 374 Å². The zero-order chi connectivity index (χ0) is 44.0. The standard InChI is InChI=1S/C54H104O6/c1-6-8-9-10-11-12-24-29-34-39-44-52(55)58-47-51(60-54(57)46-41-36-31-26-27-32-37-42-49(3)4)48-59-53(56)45-40-35-30-25-22-20-18-16-14-13-15-17-19-21-23-28-33-38-43-50(5)7-2/h49-51H,6-48H2,1-5H3/t50?,51-/m0/s1. The van der Waals surface area contributed by atoms with Crippen LogP contribution in [0.3, 0.4) is 0 Å². The number of carbonyl (C=O) groups excluding carboxylic acids is 3. The van der Waals surface area contributed by atoms with E-state index in [0.717, 1.165) is 69.6 Å². The highest BCUT2D eigenvalue weighted by Crippen LogP contribution is 2.18. The molecule has 0 aliphatic heterocycles. The highest BCUT2D eigenvalue weighted by Gasteiger charge is 2.19. The molecule has 0 radical (unpaired) electrons. The second-order valence-corrected chi connectivity index (χ2v) is 19.2. The Morgan fingerprint density at radius 2 is 0.633 bits per heavy atom. The van der Waals surface area contributed by atoms with Crippen molar-refractivity contribution >= 4 is 17.9 Å². The van der Waals surface area contributed by atoms with Crippen LogP contribution < -0.4 is 0 Å². The van der Waals surface area contributed by atoms with E-state index in [4.69, 9.17) is 14.2 Å². The number of hydrogen-bond donors (Lipinski definition) is 0. The first-order valence-corrected chi connectivity index (χ1v) is 26.8. The highest BCUT2D eigenvalue weighted by atomic mass is 16.6. The number of unbranched alkanes of at least 4 members (excludes halogenated alkanes) is 32. The molecule has 0 aromatic rings. The summed E-state index contributed by atoms with van der Waals surface area (Å²) in [7, 11) is 0. The van der Waals surface area contributed by atoms with Crippen molar-refractivity contribution in [2.24, 2.45) is 11.8 Å². The summed E-state index contributed by atoms with van der Waals surface area (Å²) in [5, 5.41) is 0. The van der Waals surface area contributed by atoms with Crippen LogP contribution >= 0.6 is 0 Å². The van der Waals surface area contributed by atoms with Gasteiger partial charge in [-0.1, -0.05) is 259 Å². The van der Waals surface area contributed by atoms with Gasteiger partial charge < -0.3 is 14.2 Å². The van der Waals surface area contributed by atoms with E-state index in [-0.39, 0.29) is 31.1 Å². The van der Waals surface area contributed by atoms with Gasteiger partial charge in [0.05, 0.1) is 0 Å². The lowest BCUT2D eigenvalue weighted by Gasteiger charge is -2.18. The smallest absolute Gasteiger partial charge is 0.306 e. The lowest BCUT2D eigenvalue weighted by atomic mass is 9.99. The molecule has 0 N–H and O–H groups in total. The average molecular weight is 849 g/mol. The van der Waals surface area contributed by atoms with Crippen molar-refractivity contribution in [1.82, 2.24) is 0 Å². The molecule has 0 aliphatic carbocycles. The van der Waals surface area contributed by atoms with E-state index in [2.05, 4.69) is 34.6 Å². The van der Waals surface area contributed by atoms with Gasteiger partial charge in [-0.2, -0.15) is 0 Å². The Morgan fingerprint density at radius 3 is 0.950 bits per heavy atom. The number of esters is 3. The third-order valence-corrected chi connectivity index (χ3v) is 12.6. The van der Waals surface area contributed by atoms with Crippen molar-refractivity contribution in [3.8, 4) is 0 Å². The van der Waals surface area contributed by atoms with Crippen LogP contribution in [0.1, 0.15) is 298 Å². The Bertz CT molecular complexity index is 918. The summed E-state index contributed by atoms with van der Waals surface area (Å²) in [5.74, 6) is 0.836. The Kier molecular flexibility index (Phi) is 45.7. The van der Waals surface area contributed by atoms with Crippen molar-refractivity contribution in [3.63, 3.8) is 0 Å². The first kappa shape index (κ1) is 58.4. The van der Waals surface area contributed by atoms with Gasteiger partial charge in [0.15, 0.2) is 6.10 Å². The van der Waals surface area contributed by atoms with Gasteiger partial charge in [-0.3, -0.25) is 14.4 Å². The van der Waals surface area contributed by atoms with Gasteiger partial charge in [-0.25, -0.2) is 0 Å². The van der Waals surface area contributed by atoms with Crippen LogP contribution in [-0.2, 0) is 28.6 Å². The fourth-order valence-electron chi connectivity index (χ4n) is 8.13. The van der Waals surface area contributed by atoms with Crippen LogP contribution in [-0.4, -0.2) is 37.2 Å². The van der Waals surface area contributed by atoms with Gasteiger partial charge in [0.25, 0.3) is 0 Å². The zero-order valence-electron chi connectivity index (χ0n) is 41.1. The molecule has 0 saturated heterocycles. The molecule has 2 atom stereocenters. The monoisotopic (exact) mass is 849 g/mol. The largest absolute Gasteiger partial charge is 0.462 e. The molecular weight excluding hydrogens is 745 g/mol. The molecule has 356 valence electrons. The lowest BCUT2D eigenvalue weighted by Crippen LogP contribution is -2.30. The van der Waals surface area contributed by atoms with E-state index < -0.39 is 6.10 Å². The predicted octanol–water partition coefficient (Wildman–Crippen LogP) is 17.3. The molecule has 0 aromatic heterocycles. The summed E-state index contributed by atoms with van der Waals surface area (Å²) < 4.78 is 16.8. The fourth-order valence-corrected chi connectivity index (χ4v) is 8.13. The average Bonchev–Trinajstić information content (AvgIpc) is 3.23. The van der Waals surface area contributed by atoms with Crippen molar-refractivity contribution < 1.29 is 28.6 Å². The molecule has 0 saturated carbocycles. The predicted molar refractivity (Wildman–Crippen MR) is 256 cm³/mol. The molecule has 60 heavy (non-hydrogen) atoms. The minimum absolute atomic E-state index is 0.0643. The molecule has 0 bridgehead atoms. The maximum atomic E-state index is 12.7. The molecule has 0 aromatic carbocycles. The molecule has 0 aliphatic rings. The molecular formula is C54H104O6. The lowest BCUT2D eigenvalue weighted by molar-refractivity contribution is -0.167.